The number of carbonyl (C=O) groups excluding carboxylic acids is 1. The SMILES string of the molecule is Cc1nc(Cc2cccc(C(F)(F)F)c2)sc1NC(=O)c1cc(C)n(C2CC2)c1C. The van der Waals surface area contributed by atoms with Crippen LogP contribution in [0, 0.1) is 20.8 Å². The van der Waals surface area contributed by atoms with Crippen molar-refractivity contribution in [1.82, 2.24) is 9.55 Å². The van der Waals surface area contributed by atoms with Gasteiger partial charge in [0.1, 0.15) is 5.00 Å². The monoisotopic (exact) mass is 433 g/mol. The predicted octanol–water partition coefficient (Wildman–Crippen LogP) is 6.07. The first-order chi connectivity index (χ1) is 14.1. The van der Waals surface area contributed by atoms with Gasteiger partial charge < -0.3 is 9.88 Å². The normalized spacial score (nSPS) is 14.2. The lowest BCUT2D eigenvalue weighted by atomic mass is 10.1. The number of nitrogens with zero attached hydrogens (tertiary/aromatic N) is 2. The van der Waals surface area contributed by atoms with Gasteiger partial charge in [0, 0.05) is 23.9 Å². The Hall–Kier alpha value is -2.61. The third-order valence-electron chi connectivity index (χ3n) is 5.32. The van der Waals surface area contributed by atoms with Crippen LogP contribution >= 0.6 is 11.3 Å². The van der Waals surface area contributed by atoms with Crippen LogP contribution in [-0.2, 0) is 12.6 Å². The number of benzene rings is 1. The molecule has 1 N–H and O–H groups in total. The van der Waals surface area contributed by atoms with E-state index < -0.39 is 11.7 Å². The van der Waals surface area contributed by atoms with E-state index in [9.17, 15) is 18.0 Å². The first-order valence-corrected chi connectivity index (χ1v) is 10.6. The average molecular weight is 433 g/mol. The highest BCUT2D eigenvalue weighted by Crippen LogP contribution is 2.38. The average Bonchev–Trinajstić information content (AvgIpc) is 3.37. The van der Waals surface area contributed by atoms with Crippen LogP contribution in [-0.4, -0.2) is 15.5 Å². The smallest absolute Gasteiger partial charge is 0.345 e. The van der Waals surface area contributed by atoms with Crippen molar-refractivity contribution in [1.29, 1.82) is 0 Å². The Morgan fingerprint density at radius 2 is 1.97 bits per heavy atom. The molecule has 1 aliphatic rings. The van der Waals surface area contributed by atoms with Crippen molar-refractivity contribution in [3.05, 3.63) is 69.1 Å². The number of rotatable bonds is 5. The molecule has 1 aromatic carbocycles. The first-order valence-electron chi connectivity index (χ1n) is 9.75. The molecule has 0 unspecified atom stereocenters. The first kappa shape index (κ1) is 20.7. The van der Waals surface area contributed by atoms with Crippen LogP contribution in [0.4, 0.5) is 18.2 Å². The molecular weight excluding hydrogens is 411 g/mol. The highest BCUT2D eigenvalue weighted by molar-refractivity contribution is 7.16. The van der Waals surface area contributed by atoms with Crippen LogP contribution < -0.4 is 5.32 Å². The molecule has 1 fully saturated rings. The Balaban J connectivity index is 1.51. The number of nitrogens with one attached hydrogen (secondary N) is 1. The molecule has 0 spiro atoms. The number of alkyl halides is 3. The van der Waals surface area contributed by atoms with Gasteiger partial charge in [-0.15, -0.1) is 11.3 Å². The fraction of sp³-hybridized carbons (Fsp3) is 0.364. The molecule has 1 amide bonds. The molecule has 2 heterocycles. The molecule has 0 atom stereocenters. The molecule has 1 saturated carbocycles. The second kappa shape index (κ2) is 7.58. The van der Waals surface area contributed by atoms with Crippen LogP contribution in [0.1, 0.15) is 62.5 Å². The van der Waals surface area contributed by atoms with E-state index in [2.05, 4.69) is 14.9 Å². The standard InChI is InChI=1S/C22H22F3N3OS/c1-12-9-18(14(3)28(12)17-7-8-17)20(29)27-21-13(2)26-19(30-21)11-15-5-4-6-16(10-15)22(23,24)25/h4-6,9-10,17H,7-8,11H2,1-3H3,(H,27,29). The van der Waals surface area contributed by atoms with Crippen molar-refractivity contribution in [3.63, 3.8) is 0 Å². The summed E-state index contributed by atoms with van der Waals surface area (Å²) in [7, 11) is 0. The lowest BCUT2D eigenvalue weighted by Gasteiger charge is -2.08. The minimum atomic E-state index is -4.37. The maximum Gasteiger partial charge on any atom is 0.416 e. The van der Waals surface area contributed by atoms with Gasteiger partial charge in [-0.1, -0.05) is 18.2 Å². The van der Waals surface area contributed by atoms with Crippen molar-refractivity contribution in [3.8, 4) is 0 Å². The largest absolute Gasteiger partial charge is 0.416 e. The fourth-order valence-corrected chi connectivity index (χ4v) is 4.74. The summed E-state index contributed by atoms with van der Waals surface area (Å²) in [5.41, 5.74) is 3.19. The molecule has 0 aliphatic heterocycles. The molecule has 0 radical (unpaired) electrons. The van der Waals surface area contributed by atoms with Gasteiger partial charge in [-0.3, -0.25) is 4.79 Å². The van der Waals surface area contributed by atoms with Crippen molar-refractivity contribution in [2.75, 3.05) is 5.32 Å². The summed E-state index contributed by atoms with van der Waals surface area (Å²) in [6, 6.07) is 7.65. The fourth-order valence-electron chi connectivity index (χ4n) is 3.75. The van der Waals surface area contributed by atoms with E-state index in [1.54, 1.807) is 13.0 Å². The van der Waals surface area contributed by atoms with E-state index in [1.165, 1.54) is 17.4 Å². The zero-order valence-electron chi connectivity index (χ0n) is 16.9. The molecule has 8 heteroatoms. The van der Waals surface area contributed by atoms with E-state index >= 15 is 0 Å². The number of aromatic nitrogens is 2. The minimum absolute atomic E-state index is 0.188. The Kier molecular flexibility index (Phi) is 5.22. The quantitative estimate of drug-likeness (QED) is 0.531. The second-order valence-electron chi connectivity index (χ2n) is 7.74. The van der Waals surface area contributed by atoms with Crippen molar-refractivity contribution >= 4 is 22.2 Å². The van der Waals surface area contributed by atoms with Gasteiger partial charge in [-0.05, 0) is 51.3 Å². The molecule has 2 aromatic heterocycles. The number of halogens is 3. The van der Waals surface area contributed by atoms with Gasteiger partial charge in [0.05, 0.1) is 21.8 Å². The maximum atomic E-state index is 12.9. The van der Waals surface area contributed by atoms with Crippen LogP contribution in [0.2, 0.25) is 0 Å². The number of hydrogen-bond donors (Lipinski definition) is 1. The van der Waals surface area contributed by atoms with Gasteiger partial charge in [-0.25, -0.2) is 4.98 Å². The van der Waals surface area contributed by atoms with Crippen molar-refractivity contribution in [2.24, 2.45) is 0 Å². The van der Waals surface area contributed by atoms with Gasteiger partial charge >= 0.3 is 6.18 Å². The Labute approximate surface area is 176 Å². The van der Waals surface area contributed by atoms with Crippen molar-refractivity contribution in [2.45, 2.75) is 52.3 Å². The number of carbonyl (C=O) groups is 1. The maximum absolute atomic E-state index is 12.9. The molecule has 158 valence electrons. The van der Waals surface area contributed by atoms with Gasteiger partial charge in [0.15, 0.2) is 0 Å². The third-order valence-corrected chi connectivity index (χ3v) is 6.39. The summed E-state index contributed by atoms with van der Waals surface area (Å²) in [5.74, 6) is -0.188. The minimum Gasteiger partial charge on any atom is -0.345 e. The molecule has 0 bridgehead atoms. The van der Waals surface area contributed by atoms with Gasteiger partial charge in [-0.2, -0.15) is 13.2 Å². The van der Waals surface area contributed by atoms with Crippen LogP contribution in [0.3, 0.4) is 0 Å². The Morgan fingerprint density at radius 1 is 1.23 bits per heavy atom. The van der Waals surface area contributed by atoms with Crippen LogP contribution in [0.5, 0.6) is 0 Å². The highest BCUT2D eigenvalue weighted by atomic mass is 32.1. The third kappa shape index (κ3) is 4.14. The Bertz CT molecular complexity index is 1110. The summed E-state index contributed by atoms with van der Waals surface area (Å²) in [6.07, 6.45) is -1.81. The summed E-state index contributed by atoms with van der Waals surface area (Å²) < 4.78 is 41.0. The lowest BCUT2D eigenvalue weighted by Crippen LogP contribution is -2.13. The van der Waals surface area contributed by atoms with E-state index in [-0.39, 0.29) is 12.3 Å². The molecule has 0 saturated heterocycles. The zero-order valence-corrected chi connectivity index (χ0v) is 17.7. The zero-order chi connectivity index (χ0) is 21.6. The summed E-state index contributed by atoms with van der Waals surface area (Å²) >= 11 is 1.30. The van der Waals surface area contributed by atoms with Gasteiger partial charge in [0.2, 0.25) is 0 Å². The summed E-state index contributed by atoms with van der Waals surface area (Å²) in [5, 5.41) is 4.21. The lowest BCUT2D eigenvalue weighted by molar-refractivity contribution is -0.137. The number of hydrogen-bond acceptors (Lipinski definition) is 3. The molecule has 3 aromatic rings. The molecule has 4 rings (SSSR count). The molecule has 4 nitrogen and oxygen atoms in total. The van der Waals surface area contributed by atoms with E-state index in [0.717, 1.165) is 36.4 Å². The van der Waals surface area contributed by atoms with Crippen LogP contribution in [0.15, 0.2) is 30.3 Å². The van der Waals surface area contributed by atoms with Gasteiger partial charge in [0.25, 0.3) is 5.91 Å². The number of aryl methyl sites for hydroxylation is 2. The topological polar surface area (TPSA) is 46.9 Å². The van der Waals surface area contributed by atoms with Crippen LogP contribution in [0.25, 0.3) is 0 Å². The molecule has 1 aliphatic carbocycles. The number of amides is 1. The predicted molar refractivity (Wildman–Crippen MR) is 111 cm³/mol. The summed E-state index contributed by atoms with van der Waals surface area (Å²) in [4.78, 5) is 17.3. The Morgan fingerprint density at radius 3 is 2.63 bits per heavy atom. The highest BCUT2D eigenvalue weighted by Gasteiger charge is 2.30. The van der Waals surface area contributed by atoms with E-state index in [1.807, 2.05) is 19.9 Å². The molecular formula is C22H22F3N3OS. The van der Waals surface area contributed by atoms with Crippen molar-refractivity contribution < 1.29 is 18.0 Å². The summed E-state index contributed by atoms with van der Waals surface area (Å²) in [6.45, 7) is 5.75. The van der Waals surface area contributed by atoms with E-state index in [4.69, 9.17) is 0 Å². The number of anilines is 1. The number of thiazole rings is 1. The van der Waals surface area contributed by atoms with E-state index in [0.29, 0.717) is 32.9 Å². The second-order valence-corrected chi connectivity index (χ2v) is 8.82. The molecule has 30 heavy (non-hydrogen) atoms.